The van der Waals surface area contributed by atoms with E-state index in [9.17, 15) is 24.3 Å². The fraction of sp³-hybridized carbons (Fsp3) is 0.696. The number of aliphatic hydroxyl groups is 1. The molecule has 58 heavy (non-hydrogen) atoms. The van der Waals surface area contributed by atoms with Crippen molar-refractivity contribution in [3.8, 4) is 11.5 Å². The Balaban J connectivity index is 1.09. The molecule has 2 bridgehead atoms. The van der Waals surface area contributed by atoms with Crippen molar-refractivity contribution in [3.63, 3.8) is 0 Å². The maximum Gasteiger partial charge on any atom is 0.514 e. The van der Waals surface area contributed by atoms with Crippen LogP contribution in [-0.4, -0.2) is 83.2 Å². The van der Waals surface area contributed by atoms with Gasteiger partial charge in [-0.25, -0.2) is 14.4 Å². The summed E-state index contributed by atoms with van der Waals surface area (Å²) in [5.74, 6) is -1.59. The quantitative estimate of drug-likeness (QED) is 0.0417. The lowest BCUT2D eigenvalue weighted by atomic mass is 9.50. The second kappa shape index (κ2) is 19.9. The molecule has 12 heteroatoms. The molecular formula is C46H67NO11. The average molecular weight is 810 g/mol. The minimum atomic E-state index is -1.33. The smallest absolute Gasteiger partial charge is 0.477 e. The summed E-state index contributed by atoms with van der Waals surface area (Å²) in [5, 5.41) is 12.5. The number of rotatable bonds is 21. The number of nitrogens with zero attached hydrogens (tertiary/aromatic N) is 1. The maximum atomic E-state index is 13.5. The van der Waals surface area contributed by atoms with Gasteiger partial charge in [0.2, 0.25) is 0 Å². The third-order valence-electron chi connectivity index (χ3n) is 12.0. The Morgan fingerprint density at radius 3 is 2.21 bits per heavy atom. The number of carbonyl (C=O) groups is 4. The summed E-state index contributed by atoms with van der Waals surface area (Å²) in [6, 6.07) is 3.31. The van der Waals surface area contributed by atoms with Crippen LogP contribution >= 0.6 is 0 Å². The van der Waals surface area contributed by atoms with Gasteiger partial charge in [0.15, 0.2) is 29.8 Å². The molecule has 5 rings (SSSR count). The van der Waals surface area contributed by atoms with E-state index < -0.39 is 59.0 Å². The van der Waals surface area contributed by atoms with E-state index in [1.807, 2.05) is 13.1 Å². The summed E-state index contributed by atoms with van der Waals surface area (Å²) in [5.41, 5.74) is -1.37. The highest BCUT2D eigenvalue weighted by molar-refractivity contribution is 5.83. The predicted molar refractivity (Wildman–Crippen MR) is 218 cm³/mol. The second-order valence-corrected chi connectivity index (χ2v) is 17.6. The number of esters is 3. The summed E-state index contributed by atoms with van der Waals surface area (Å²) < 4.78 is 34.3. The van der Waals surface area contributed by atoms with Crippen molar-refractivity contribution in [2.45, 2.75) is 192 Å². The van der Waals surface area contributed by atoms with Crippen LogP contribution in [-0.2, 0) is 45.2 Å². The van der Waals surface area contributed by atoms with E-state index in [1.165, 1.54) is 52.4 Å². The van der Waals surface area contributed by atoms with Crippen LogP contribution in [0.1, 0.15) is 155 Å². The van der Waals surface area contributed by atoms with Crippen molar-refractivity contribution in [3.05, 3.63) is 47.2 Å². The Morgan fingerprint density at radius 1 is 0.897 bits per heavy atom. The monoisotopic (exact) mass is 809 g/mol. The molecule has 6 atom stereocenters. The van der Waals surface area contributed by atoms with Crippen molar-refractivity contribution < 1.29 is 52.7 Å². The van der Waals surface area contributed by atoms with E-state index in [4.69, 9.17) is 28.4 Å². The van der Waals surface area contributed by atoms with Gasteiger partial charge in [-0.3, -0.25) is 4.79 Å². The van der Waals surface area contributed by atoms with Crippen molar-refractivity contribution in [2.75, 3.05) is 13.6 Å². The van der Waals surface area contributed by atoms with Gasteiger partial charge in [0, 0.05) is 24.4 Å². The van der Waals surface area contributed by atoms with Crippen LogP contribution in [0.15, 0.2) is 36.1 Å². The number of allylic oxidation sites excluding steroid dienone is 2. The highest BCUT2D eigenvalue weighted by Gasteiger charge is 2.72. The molecule has 1 aromatic rings. The van der Waals surface area contributed by atoms with E-state index in [2.05, 4.69) is 24.0 Å². The van der Waals surface area contributed by atoms with Crippen LogP contribution < -0.4 is 9.47 Å². The van der Waals surface area contributed by atoms with Gasteiger partial charge in [-0.1, -0.05) is 76.5 Å². The molecule has 0 aromatic heterocycles. The zero-order valence-corrected chi connectivity index (χ0v) is 35.9. The Kier molecular flexibility index (Phi) is 15.5. The van der Waals surface area contributed by atoms with Gasteiger partial charge in [0.25, 0.3) is 0 Å². The standard InChI is InChI=1S/C46H67NO11/c1-8-9-10-11-12-13-14-15-16-17-18-19-20-21-22-23-37(48)53-31(2)41(49)54-32(3)42(50)55-35-26-27-46(52)36-30-33-24-25-34(56-43(51)58-44(4,5)6)39-38(33)45(46,40(35)57-39)28-29-47(36)7/h15-16,24-26,31-32,36,40,52H,8-14,17-23,27-30H2,1-7H3/b16-15-/t31-,32-,36-,40-,45-,46+/m0/s1. The molecular weight excluding hydrogens is 743 g/mol. The number of likely N-dealkylation sites (N-methyl/N-ethyl adjacent to an activating group) is 1. The Hall–Kier alpha value is -3.90. The molecule has 0 saturated carbocycles. The van der Waals surface area contributed by atoms with Crippen LogP contribution in [0, 0.1) is 0 Å². The lowest BCUT2D eigenvalue weighted by Crippen LogP contribution is -2.74. The number of hydrogen-bond donors (Lipinski definition) is 1. The molecule has 0 radical (unpaired) electrons. The first-order chi connectivity index (χ1) is 27.6. The summed E-state index contributed by atoms with van der Waals surface area (Å²) in [6.45, 7) is 10.9. The first-order valence-electron chi connectivity index (χ1n) is 21.7. The van der Waals surface area contributed by atoms with E-state index >= 15 is 0 Å². The average Bonchev–Trinajstić information content (AvgIpc) is 3.52. The molecule has 0 amide bonds. The number of piperidine rings is 1. The van der Waals surface area contributed by atoms with E-state index in [-0.39, 0.29) is 30.4 Å². The van der Waals surface area contributed by atoms with E-state index in [0.29, 0.717) is 31.6 Å². The first kappa shape index (κ1) is 45.2. The molecule has 1 fully saturated rings. The molecule has 322 valence electrons. The van der Waals surface area contributed by atoms with Crippen LogP contribution in [0.4, 0.5) is 4.79 Å². The fourth-order valence-corrected chi connectivity index (χ4v) is 9.03. The minimum Gasteiger partial charge on any atom is -0.477 e. The number of unbranched alkanes of at least 4 members (excludes halogenated alkanes) is 11. The maximum absolute atomic E-state index is 13.5. The number of benzene rings is 1. The van der Waals surface area contributed by atoms with Crippen LogP contribution in [0.25, 0.3) is 0 Å². The molecule has 2 aliphatic carbocycles. The summed E-state index contributed by atoms with van der Waals surface area (Å²) in [7, 11) is 1.99. The number of likely N-dealkylation sites (tertiary alicyclic amines) is 1. The first-order valence-corrected chi connectivity index (χ1v) is 21.7. The number of carbonyl (C=O) groups excluding carboxylic acids is 4. The summed E-state index contributed by atoms with van der Waals surface area (Å²) in [4.78, 5) is 53.8. The normalized spacial score (nSPS) is 24.2. The van der Waals surface area contributed by atoms with Crippen LogP contribution in [0.3, 0.4) is 0 Å². The van der Waals surface area contributed by atoms with Gasteiger partial charge in [-0.2, -0.15) is 0 Å². The lowest BCUT2D eigenvalue weighted by Gasteiger charge is -2.61. The molecule has 1 saturated heterocycles. The molecule has 1 spiro atoms. The highest BCUT2D eigenvalue weighted by Crippen LogP contribution is 2.65. The Labute approximate surface area is 345 Å². The van der Waals surface area contributed by atoms with Crippen molar-refractivity contribution >= 4 is 24.1 Å². The lowest BCUT2D eigenvalue weighted by molar-refractivity contribution is -0.180. The summed E-state index contributed by atoms with van der Waals surface area (Å²) >= 11 is 0. The molecule has 12 nitrogen and oxygen atoms in total. The second-order valence-electron chi connectivity index (χ2n) is 17.6. The SMILES string of the molecule is CCCCCCCC/C=C\CCCCCCCC(=O)O[C@@H](C)C(=O)O[C@@H](C)C(=O)OC1=CC[C@@]2(O)[C@@H]3Cc4ccc(OC(=O)OC(C)(C)C)c5c4[C@@]2(CCN3C)[C@H]1O5. The Morgan fingerprint density at radius 2 is 1.53 bits per heavy atom. The molecule has 0 unspecified atom stereocenters. The largest absolute Gasteiger partial charge is 0.514 e. The Bertz CT molecular complexity index is 1680. The molecule has 1 N–H and O–H groups in total. The minimum absolute atomic E-state index is 0.144. The number of hydrogen-bond acceptors (Lipinski definition) is 12. The predicted octanol–water partition coefficient (Wildman–Crippen LogP) is 8.72. The van der Waals surface area contributed by atoms with Crippen molar-refractivity contribution in [1.82, 2.24) is 4.90 Å². The van der Waals surface area contributed by atoms with Gasteiger partial charge < -0.3 is 38.4 Å². The molecule has 2 heterocycles. The van der Waals surface area contributed by atoms with Gasteiger partial charge in [0.05, 0.1) is 11.0 Å². The third-order valence-corrected chi connectivity index (χ3v) is 12.0. The molecule has 4 aliphatic rings. The highest BCUT2D eigenvalue weighted by atomic mass is 16.7. The topological polar surface area (TPSA) is 147 Å². The van der Waals surface area contributed by atoms with Gasteiger partial charge in [-0.05, 0) is 111 Å². The van der Waals surface area contributed by atoms with E-state index in [1.54, 1.807) is 32.9 Å². The zero-order chi connectivity index (χ0) is 42.1. The fourth-order valence-electron chi connectivity index (χ4n) is 9.03. The van der Waals surface area contributed by atoms with Crippen LogP contribution in [0.5, 0.6) is 11.5 Å². The molecule has 2 aliphatic heterocycles. The van der Waals surface area contributed by atoms with Gasteiger partial charge >= 0.3 is 24.1 Å². The third kappa shape index (κ3) is 10.4. The van der Waals surface area contributed by atoms with Gasteiger partial charge in [-0.15, -0.1) is 0 Å². The zero-order valence-electron chi connectivity index (χ0n) is 35.9. The van der Waals surface area contributed by atoms with E-state index in [0.717, 1.165) is 49.7 Å². The van der Waals surface area contributed by atoms with Crippen molar-refractivity contribution in [1.29, 1.82) is 0 Å². The summed E-state index contributed by atoms with van der Waals surface area (Å²) in [6.07, 6.45) is 18.3. The molecule has 1 aromatic carbocycles. The van der Waals surface area contributed by atoms with Gasteiger partial charge in [0.1, 0.15) is 11.4 Å². The number of ether oxygens (including phenoxy) is 6. The van der Waals surface area contributed by atoms with Crippen LogP contribution in [0.2, 0.25) is 0 Å². The van der Waals surface area contributed by atoms with Crippen molar-refractivity contribution in [2.24, 2.45) is 0 Å².